The molecule has 0 N–H and O–H groups in total. The molecule has 14 rings (SSSR count). The van der Waals surface area contributed by atoms with E-state index >= 15 is 0 Å². The van der Waals surface area contributed by atoms with Gasteiger partial charge in [-0.25, -0.2) is 4.98 Å². The average molecular weight is 892 g/mol. The van der Waals surface area contributed by atoms with Gasteiger partial charge in [0.25, 0.3) is 0 Å². The molecule has 326 valence electrons. The maximum atomic E-state index is 5.64. The van der Waals surface area contributed by atoms with Crippen molar-refractivity contribution >= 4 is 65.2 Å². The summed E-state index contributed by atoms with van der Waals surface area (Å²) in [6, 6.07) is 89.0. The van der Waals surface area contributed by atoms with E-state index in [1.807, 2.05) is 18.2 Å². The first kappa shape index (κ1) is 39.7. The summed E-state index contributed by atoms with van der Waals surface area (Å²) in [5, 5.41) is 9.21. The summed E-state index contributed by atoms with van der Waals surface area (Å²) < 4.78 is 4.67. The molecule has 0 amide bonds. The zero-order chi connectivity index (χ0) is 46.1. The lowest BCUT2D eigenvalue weighted by Gasteiger charge is -2.21. The van der Waals surface area contributed by atoms with Crippen LogP contribution < -0.4 is 0 Å². The van der Waals surface area contributed by atoms with Gasteiger partial charge < -0.3 is 4.57 Å². The number of aromatic nitrogens is 5. The molecule has 0 atom stereocenters. The second-order valence-electron chi connectivity index (χ2n) is 17.9. The van der Waals surface area contributed by atoms with E-state index in [9.17, 15) is 0 Å². The van der Waals surface area contributed by atoms with Crippen LogP contribution in [0.15, 0.2) is 249 Å². The molecule has 5 nitrogen and oxygen atoms in total. The van der Waals surface area contributed by atoms with Crippen LogP contribution in [0.25, 0.3) is 133 Å². The molecule has 3 heterocycles. The topological polar surface area (TPSA) is 48.5 Å². The molecule has 0 aliphatic rings. The molecule has 0 aliphatic heterocycles. The van der Waals surface area contributed by atoms with E-state index in [4.69, 9.17) is 15.0 Å². The van der Waals surface area contributed by atoms with Crippen LogP contribution in [-0.4, -0.2) is 24.1 Å². The molecule has 5 heteroatoms. The summed E-state index contributed by atoms with van der Waals surface area (Å²) in [5.41, 5.74) is 13.9. The molecular formula is C65H41N5. The Labute approximate surface area is 403 Å². The van der Waals surface area contributed by atoms with Crippen molar-refractivity contribution in [2.24, 2.45) is 0 Å². The van der Waals surface area contributed by atoms with Crippen LogP contribution >= 0.6 is 0 Å². The Morgan fingerprint density at radius 2 is 0.743 bits per heavy atom. The van der Waals surface area contributed by atoms with Crippen LogP contribution in [0.4, 0.5) is 0 Å². The first-order chi connectivity index (χ1) is 34.7. The number of hydrogen-bond acceptors (Lipinski definition) is 3. The third-order valence-electron chi connectivity index (χ3n) is 14.0. The van der Waals surface area contributed by atoms with E-state index in [0.29, 0.717) is 17.6 Å². The summed E-state index contributed by atoms with van der Waals surface area (Å²) in [7, 11) is 0. The minimum Gasteiger partial charge on any atom is -0.309 e. The summed E-state index contributed by atoms with van der Waals surface area (Å²) in [4.78, 5) is 16.5. The maximum Gasteiger partial charge on any atom is 0.238 e. The lowest BCUT2D eigenvalue weighted by atomic mass is 9.88. The SMILES string of the molecule is c1ccc(-c2nc(-c3c(-c4ccccc4)cc(-n4c5ccccc5c5cc6ccccc6cc54)c4ccc(-c5ccccc5-c5ccccc5)cc34)nc(-n3c4ccccc4c4ccccc43)n2)cc1. The van der Waals surface area contributed by atoms with Crippen molar-refractivity contribution in [2.45, 2.75) is 0 Å². The molecule has 0 bridgehead atoms. The maximum absolute atomic E-state index is 5.64. The third kappa shape index (κ3) is 6.36. The molecule has 70 heavy (non-hydrogen) atoms. The molecule has 0 unspecified atom stereocenters. The van der Waals surface area contributed by atoms with Gasteiger partial charge in [0.1, 0.15) is 0 Å². The smallest absolute Gasteiger partial charge is 0.238 e. The molecule has 0 aliphatic carbocycles. The van der Waals surface area contributed by atoms with Gasteiger partial charge in [0.05, 0.1) is 27.8 Å². The Morgan fingerprint density at radius 3 is 1.39 bits per heavy atom. The predicted molar refractivity (Wildman–Crippen MR) is 291 cm³/mol. The second kappa shape index (κ2) is 16.1. The average Bonchev–Trinajstić information content (AvgIpc) is 3.95. The van der Waals surface area contributed by atoms with Gasteiger partial charge in [-0.1, -0.05) is 206 Å². The van der Waals surface area contributed by atoms with Gasteiger partial charge in [0.15, 0.2) is 11.6 Å². The molecule has 3 aromatic heterocycles. The Balaban J connectivity index is 1.15. The normalized spacial score (nSPS) is 11.7. The zero-order valence-corrected chi connectivity index (χ0v) is 37.9. The highest BCUT2D eigenvalue weighted by Gasteiger charge is 2.25. The van der Waals surface area contributed by atoms with Gasteiger partial charge >= 0.3 is 0 Å². The minimum atomic E-state index is 0.553. The Morgan fingerprint density at radius 1 is 0.257 bits per heavy atom. The number of fused-ring (bicyclic) bond motifs is 8. The van der Waals surface area contributed by atoms with Crippen LogP contribution in [0, 0.1) is 0 Å². The predicted octanol–water partition coefficient (Wildman–Crippen LogP) is 16.7. The standard InChI is InChI=1S/C65H41N5/c1-4-20-42(21-5-1)48-28-12-13-29-49(48)47-36-37-53-56(39-47)62(64-66-63(44-24-8-3-9-25-44)67-65(68-64)70-58-34-18-14-30-50(58)51-31-15-19-35-59(51)70)54(43-22-6-2-7-23-43)41-61(53)69-57-33-17-16-32-52(57)55-38-45-26-10-11-27-46(45)40-60(55)69/h1-41H. The summed E-state index contributed by atoms with van der Waals surface area (Å²) in [5.74, 6) is 1.73. The lowest BCUT2D eigenvalue weighted by Crippen LogP contribution is -2.07. The van der Waals surface area contributed by atoms with Gasteiger partial charge in [0, 0.05) is 38.1 Å². The van der Waals surface area contributed by atoms with Crippen molar-refractivity contribution in [3.05, 3.63) is 249 Å². The molecule has 11 aromatic carbocycles. The van der Waals surface area contributed by atoms with Crippen LogP contribution in [-0.2, 0) is 0 Å². The van der Waals surface area contributed by atoms with Gasteiger partial charge in [0.2, 0.25) is 5.95 Å². The minimum absolute atomic E-state index is 0.553. The van der Waals surface area contributed by atoms with E-state index < -0.39 is 0 Å². The first-order valence-corrected chi connectivity index (χ1v) is 23.8. The third-order valence-corrected chi connectivity index (χ3v) is 14.0. The van der Waals surface area contributed by atoms with Crippen LogP contribution in [0.5, 0.6) is 0 Å². The summed E-state index contributed by atoms with van der Waals surface area (Å²) in [6.45, 7) is 0. The van der Waals surface area contributed by atoms with Crippen LogP contribution in [0.3, 0.4) is 0 Å². The van der Waals surface area contributed by atoms with Crippen molar-refractivity contribution in [3.8, 4) is 67.8 Å². The van der Waals surface area contributed by atoms with E-state index in [1.165, 1.54) is 21.5 Å². The monoisotopic (exact) mass is 891 g/mol. The quantitative estimate of drug-likeness (QED) is 0.160. The highest BCUT2D eigenvalue weighted by molar-refractivity contribution is 6.16. The first-order valence-electron chi connectivity index (χ1n) is 23.8. The van der Waals surface area contributed by atoms with E-state index in [-0.39, 0.29) is 0 Å². The Kier molecular flexibility index (Phi) is 9.14. The van der Waals surface area contributed by atoms with E-state index in [1.54, 1.807) is 0 Å². The summed E-state index contributed by atoms with van der Waals surface area (Å²) in [6.07, 6.45) is 0. The molecule has 0 saturated heterocycles. The molecule has 0 saturated carbocycles. The Hall–Kier alpha value is -9.45. The molecule has 0 spiro atoms. The van der Waals surface area contributed by atoms with Crippen LogP contribution in [0.1, 0.15) is 0 Å². The summed E-state index contributed by atoms with van der Waals surface area (Å²) >= 11 is 0. The van der Waals surface area contributed by atoms with Crippen molar-refractivity contribution in [3.63, 3.8) is 0 Å². The fraction of sp³-hybridized carbons (Fsp3) is 0. The van der Waals surface area contributed by atoms with Gasteiger partial charge in [-0.2, -0.15) is 9.97 Å². The fourth-order valence-electron chi connectivity index (χ4n) is 10.8. The molecular weight excluding hydrogens is 851 g/mol. The highest BCUT2D eigenvalue weighted by atomic mass is 15.2. The molecule has 14 aromatic rings. The Bertz CT molecular complexity index is 4290. The fourth-order valence-corrected chi connectivity index (χ4v) is 10.8. The number of nitrogens with zero attached hydrogens (tertiary/aromatic N) is 5. The van der Waals surface area contributed by atoms with Gasteiger partial charge in [-0.15, -0.1) is 0 Å². The van der Waals surface area contributed by atoms with Crippen molar-refractivity contribution in [2.75, 3.05) is 0 Å². The number of hydrogen-bond donors (Lipinski definition) is 0. The second-order valence-corrected chi connectivity index (χ2v) is 17.9. The zero-order valence-electron chi connectivity index (χ0n) is 37.9. The van der Waals surface area contributed by atoms with Crippen LogP contribution in [0.2, 0.25) is 0 Å². The van der Waals surface area contributed by atoms with Gasteiger partial charge in [-0.05, 0) is 92.0 Å². The van der Waals surface area contributed by atoms with Gasteiger partial charge in [-0.3, -0.25) is 4.57 Å². The number of benzene rings is 11. The van der Waals surface area contributed by atoms with Crippen molar-refractivity contribution < 1.29 is 0 Å². The van der Waals surface area contributed by atoms with E-state index in [0.717, 1.165) is 93.8 Å². The molecule has 0 fully saturated rings. The largest absolute Gasteiger partial charge is 0.309 e. The molecule has 0 radical (unpaired) electrons. The van der Waals surface area contributed by atoms with Crippen molar-refractivity contribution in [1.29, 1.82) is 0 Å². The highest BCUT2D eigenvalue weighted by Crippen LogP contribution is 2.46. The van der Waals surface area contributed by atoms with E-state index in [2.05, 4.69) is 240 Å². The lowest BCUT2D eigenvalue weighted by molar-refractivity contribution is 0.954. The number of rotatable bonds is 7. The van der Waals surface area contributed by atoms with Crippen molar-refractivity contribution in [1.82, 2.24) is 24.1 Å². The number of para-hydroxylation sites is 3.